The van der Waals surface area contributed by atoms with Crippen molar-refractivity contribution in [2.24, 2.45) is 4.99 Å². The molecule has 0 spiro atoms. The standard InChI is InChI=1S/C24H18BrNO3/c25-20-11-9-19(10-12-20)23-26-22(24(27)29-23)16-18-7-4-8-21(15-18)28-14-13-17-5-2-1-3-6-17/h1-12,15-16H,13-14H2/b22-16-. The number of hydrogen-bond donors (Lipinski definition) is 0. The third-order valence-corrected chi connectivity index (χ3v) is 4.90. The van der Waals surface area contributed by atoms with Crippen LogP contribution in [0, 0.1) is 0 Å². The van der Waals surface area contributed by atoms with Crippen molar-refractivity contribution < 1.29 is 14.3 Å². The second kappa shape index (κ2) is 8.88. The summed E-state index contributed by atoms with van der Waals surface area (Å²) >= 11 is 3.39. The molecule has 144 valence electrons. The van der Waals surface area contributed by atoms with Crippen molar-refractivity contribution in [2.75, 3.05) is 6.61 Å². The van der Waals surface area contributed by atoms with Crippen molar-refractivity contribution >= 4 is 33.9 Å². The Morgan fingerprint density at radius 1 is 0.966 bits per heavy atom. The van der Waals surface area contributed by atoms with Gasteiger partial charge in [0.15, 0.2) is 5.70 Å². The minimum Gasteiger partial charge on any atom is -0.493 e. The Labute approximate surface area is 177 Å². The highest BCUT2D eigenvalue weighted by Gasteiger charge is 2.24. The van der Waals surface area contributed by atoms with Crippen molar-refractivity contribution in [1.29, 1.82) is 0 Å². The smallest absolute Gasteiger partial charge is 0.363 e. The van der Waals surface area contributed by atoms with Crippen LogP contribution in [0.25, 0.3) is 6.08 Å². The predicted octanol–water partition coefficient (Wildman–Crippen LogP) is 5.42. The summed E-state index contributed by atoms with van der Waals surface area (Å²) < 4.78 is 12.1. The van der Waals surface area contributed by atoms with Crippen LogP contribution in [0.5, 0.6) is 5.75 Å². The number of nitrogens with zero attached hydrogens (tertiary/aromatic N) is 1. The number of halogens is 1. The zero-order valence-electron chi connectivity index (χ0n) is 15.5. The van der Waals surface area contributed by atoms with Crippen molar-refractivity contribution in [3.8, 4) is 5.75 Å². The fraction of sp³-hybridized carbons (Fsp3) is 0.0833. The molecule has 0 aromatic heterocycles. The Morgan fingerprint density at radius 2 is 1.76 bits per heavy atom. The molecular weight excluding hydrogens is 430 g/mol. The molecule has 3 aromatic carbocycles. The van der Waals surface area contributed by atoms with Crippen LogP contribution in [-0.4, -0.2) is 18.5 Å². The Hall–Kier alpha value is -3.18. The summed E-state index contributed by atoms with van der Waals surface area (Å²) in [4.78, 5) is 16.5. The first-order valence-corrected chi connectivity index (χ1v) is 10.0. The number of hydrogen-bond acceptors (Lipinski definition) is 4. The molecule has 1 aliphatic rings. The van der Waals surface area contributed by atoms with Crippen LogP contribution in [0.2, 0.25) is 0 Å². The summed E-state index contributed by atoms with van der Waals surface area (Å²) in [6, 6.07) is 25.2. The lowest BCUT2D eigenvalue weighted by atomic mass is 10.1. The van der Waals surface area contributed by atoms with Crippen LogP contribution >= 0.6 is 15.9 Å². The van der Waals surface area contributed by atoms with Crippen LogP contribution < -0.4 is 4.74 Å². The summed E-state index contributed by atoms with van der Waals surface area (Å²) in [6.45, 7) is 0.581. The highest BCUT2D eigenvalue weighted by molar-refractivity contribution is 9.10. The minimum atomic E-state index is -0.460. The molecule has 4 nitrogen and oxygen atoms in total. The van der Waals surface area contributed by atoms with Crippen molar-refractivity contribution in [3.63, 3.8) is 0 Å². The maximum atomic E-state index is 12.2. The van der Waals surface area contributed by atoms with E-state index in [1.807, 2.05) is 66.7 Å². The largest absolute Gasteiger partial charge is 0.493 e. The molecule has 3 aromatic rings. The van der Waals surface area contributed by atoms with E-state index in [-0.39, 0.29) is 5.70 Å². The summed E-state index contributed by atoms with van der Waals surface area (Å²) in [5, 5.41) is 0. The average molecular weight is 448 g/mol. The van der Waals surface area contributed by atoms with E-state index in [1.54, 1.807) is 6.08 Å². The van der Waals surface area contributed by atoms with Gasteiger partial charge in [0.1, 0.15) is 5.75 Å². The molecule has 1 aliphatic heterocycles. The molecule has 0 atom stereocenters. The molecule has 5 heteroatoms. The quantitative estimate of drug-likeness (QED) is 0.374. The third-order valence-electron chi connectivity index (χ3n) is 4.38. The number of ether oxygens (including phenoxy) is 2. The van der Waals surface area contributed by atoms with Gasteiger partial charge in [-0.3, -0.25) is 0 Å². The lowest BCUT2D eigenvalue weighted by molar-refractivity contribution is -0.129. The molecule has 0 aliphatic carbocycles. The van der Waals surface area contributed by atoms with E-state index in [9.17, 15) is 4.79 Å². The Morgan fingerprint density at radius 3 is 2.55 bits per heavy atom. The second-order valence-corrected chi connectivity index (χ2v) is 7.42. The molecular formula is C24H18BrNO3. The number of aliphatic imine (C=N–C) groups is 1. The zero-order chi connectivity index (χ0) is 20.1. The maximum Gasteiger partial charge on any atom is 0.363 e. The summed E-state index contributed by atoms with van der Waals surface area (Å²) in [7, 11) is 0. The van der Waals surface area contributed by atoms with E-state index in [2.05, 4.69) is 33.1 Å². The molecule has 0 fully saturated rings. The van der Waals surface area contributed by atoms with Gasteiger partial charge in [0, 0.05) is 16.5 Å². The fourth-order valence-electron chi connectivity index (χ4n) is 2.91. The molecule has 0 radical (unpaired) electrons. The van der Waals surface area contributed by atoms with Crippen LogP contribution in [0.15, 0.2) is 94.0 Å². The molecule has 0 amide bonds. The number of cyclic esters (lactones) is 1. The molecule has 0 unspecified atom stereocenters. The number of rotatable bonds is 6. The normalized spacial score (nSPS) is 14.6. The Kier molecular flexibility index (Phi) is 5.86. The van der Waals surface area contributed by atoms with Crippen molar-refractivity contribution in [1.82, 2.24) is 0 Å². The molecule has 0 saturated carbocycles. The van der Waals surface area contributed by atoms with Crippen molar-refractivity contribution in [2.45, 2.75) is 6.42 Å². The van der Waals surface area contributed by atoms with E-state index in [0.29, 0.717) is 12.5 Å². The first-order valence-electron chi connectivity index (χ1n) is 9.23. The van der Waals surface area contributed by atoms with Gasteiger partial charge in [-0.2, -0.15) is 0 Å². The zero-order valence-corrected chi connectivity index (χ0v) is 17.1. The van der Waals surface area contributed by atoms with Gasteiger partial charge in [-0.15, -0.1) is 0 Å². The van der Waals surface area contributed by atoms with Gasteiger partial charge >= 0.3 is 5.97 Å². The summed E-state index contributed by atoms with van der Waals surface area (Å²) in [5.74, 6) is 0.598. The van der Waals surface area contributed by atoms with Gasteiger partial charge in [0.2, 0.25) is 5.90 Å². The Bertz CT molecular complexity index is 1070. The van der Waals surface area contributed by atoms with Crippen molar-refractivity contribution in [3.05, 3.63) is 106 Å². The van der Waals surface area contributed by atoms with Gasteiger partial charge in [-0.1, -0.05) is 58.4 Å². The number of benzene rings is 3. The third kappa shape index (κ3) is 5.00. The number of esters is 1. The van der Waals surface area contributed by atoms with Gasteiger partial charge in [-0.25, -0.2) is 9.79 Å². The maximum absolute atomic E-state index is 12.2. The topological polar surface area (TPSA) is 47.9 Å². The fourth-order valence-corrected chi connectivity index (χ4v) is 3.17. The van der Waals surface area contributed by atoms with E-state index in [0.717, 1.165) is 27.8 Å². The molecule has 0 saturated heterocycles. The van der Waals surface area contributed by atoms with E-state index < -0.39 is 5.97 Å². The lowest BCUT2D eigenvalue weighted by Gasteiger charge is -2.07. The molecule has 4 rings (SSSR count). The average Bonchev–Trinajstić information content (AvgIpc) is 3.10. The highest BCUT2D eigenvalue weighted by atomic mass is 79.9. The van der Waals surface area contributed by atoms with Crippen LogP contribution in [0.4, 0.5) is 0 Å². The van der Waals surface area contributed by atoms with Crippen LogP contribution in [0.1, 0.15) is 16.7 Å². The molecule has 29 heavy (non-hydrogen) atoms. The monoisotopic (exact) mass is 447 g/mol. The van der Waals surface area contributed by atoms with Crippen LogP contribution in [0.3, 0.4) is 0 Å². The van der Waals surface area contributed by atoms with Gasteiger partial charge in [-0.05, 0) is 53.6 Å². The van der Waals surface area contributed by atoms with E-state index >= 15 is 0 Å². The van der Waals surface area contributed by atoms with Crippen LogP contribution in [-0.2, 0) is 16.0 Å². The minimum absolute atomic E-state index is 0.268. The van der Waals surface area contributed by atoms with Gasteiger partial charge < -0.3 is 9.47 Å². The first-order chi connectivity index (χ1) is 14.2. The Balaban J connectivity index is 1.45. The number of carbonyl (C=O) groups is 1. The summed E-state index contributed by atoms with van der Waals surface area (Å²) in [6.07, 6.45) is 2.54. The first kappa shape index (κ1) is 19.2. The van der Waals surface area contributed by atoms with E-state index in [1.165, 1.54) is 5.56 Å². The molecule has 0 bridgehead atoms. The number of carbonyl (C=O) groups excluding carboxylic acids is 1. The van der Waals surface area contributed by atoms with E-state index in [4.69, 9.17) is 9.47 Å². The SMILES string of the molecule is O=C1OC(c2ccc(Br)cc2)=N/C1=C\c1cccc(OCCc2ccccc2)c1. The molecule has 1 heterocycles. The van der Waals surface area contributed by atoms with Gasteiger partial charge in [0.25, 0.3) is 0 Å². The predicted molar refractivity (Wildman–Crippen MR) is 117 cm³/mol. The summed E-state index contributed by atoms with van der Waals surface area (Å²) in [5.41, 5.74) is 3.08. The lowest BCUT2D eigenvalue weighted by Crippen LogP contribution is -2.05. The van der Waals surface area contributed by atoms with Gasteiger partial charge in [0.05, 0.1) is 6.61 Å². The molecule has 0 N–H and O–H groups in total. The second-order valence-electron chi connectivity index (χ2n) is 6.50. The highest BCUT2D eigenvalue weighted by Crippen LogP contribution is 2.22.